The Kier molecular flexibility index (Phi) is 5.63. The van der Waals surface area contributed by atoms with Crippen LogP contribution >= 0.6 is 0 Å². The molecule has 0 aliphatic heterocycles. The van der Waals surface area contributed by atoms with Crippen molar-refractivity contribution in [1.82, 2.24) is 10.3 Å². The van der Waals surface area contributed by atoms with E-state index in [0.29, 0.717) is 25.3 Å². The van der Waals surface area contributed by atoms with E-state index in [1.807, 2.05) is 6.92 Å². The zero-order valence-electron chi connectivity index (χ0n) is 10.3. The summed E-state index contributed by atoms with van der Waals surface area (Å²) in [5.74, 6) is -0.642. The van der Waals surface area contributed by atoms with Gasteiger partial charge in [-0.05, 0) is 18.6 Å². The minimum atomic E-state index is -1.07. The van der Waals surface area contributed by atoms with Crippen LogP contribution in [0.4, 0.5) is 5.82 Å². The summed E-state index contributed by atoms with van der Waals surface area (Å²) >= 11 is 0. The second kappa shape index (κ2) is 7.26. The Bertz CT molecular complexity index is 421. The fourth-order valence-corrected chi connectivity index (χ4v) is 1.31. The lowest BCUT2D eigenvalue weighted by atomic mass is 10.3. The molecule has 1 aromatic rings. The first-order valence-corrected chi connectivity index (χ1v) is 5.84. The van der Waals surface area contributed by atoms with Gasteiger partial charge in [-0.1, -0.05) is 13.0 Å². The van der Waals surface area contributed by atoms with Crippen molar-refractivity contribution in [3.8, 4) is 0 Å². The van der Waals surface area contributed by atoms with Gasteiger partial charge in [-0.25, -0.2) is 9.78 Å². The highest BCUT2D eigenvalue weighted by atomic mass is 16.4. The molecule has 6 heteroatoms. The second-order valence-electron chi connectivity index (χ2n) is 3.74. The van der Waals surface area contributed by atoms with Crippen LogP contribution in [0.25, 0.3) is 0 Å². The molecule has 0 atom stereocenters. The van der Waals surface area contributed by atoms with Crippen molar-refractivity contribution in [2.24, 2.45) is 0 Å². The minimum absolute atomic E-state index is 0.0181. The Labute approximate surface area is 105 Å². The number of carbonyl (C=O) groups is 2. The fourth-order valence-electron chi connectivity index (χ4n) is 1.31. The monoisotopic (exact) mass is 251 g/mol. The summed E-state index contributed by atoms with van der Waals surface area (Å²) in [5.41, 5.74) is -0.0181. The standard InChI is InChI=1S/C12H17N3O3/c1-2-7-14-11(16)6-8-13-10-5-3-4-9(15-10)12(17)18/h3-5H,2,6-8H2,1H3,(H,13,15)(H,14,16)(H,17,18). The SMILES string of the molecule is CCCNC(=O)CCNc1cccc(C(=O)O)n1. The third-order valence-corrected chi connectivity index (χ3v) is 2.20. The van der Waals surface area contributed by atoms with Gasteiger partial charge in [0.15, 0.2) is 5.69 Å². The summed E-state index contributed by atoms with van der Waals surface area (Å²) < 4.78 is 0. The van der Waals surface area contributed by atoms with Crippen LogP contribution in [0.2, 0.25) is 0 Å². The van der Waals surface area contributed by atoms with Crippen molar-refractivity contribution in [1.29, 1.82) is 0 Å². The fraction of sp³-hybridized carbons (Fsp3) is 0.417. The maximum absolute atomic E-state index is 11.3. The zero-order valence-corrected chi connectivity index (χ0v) is 10.3. The third-order valence-electron chi connectivity index (χ3n) is 2.20. The van der Waals surface area contributed by atoms with E-state index in [2.05, 4.69) is 15.6 Å². The number of rotatable bonds is 7. The Morgan fingerprint density at radius 3 is 2.78 bits per heavy atom. The van der Waals surface area contributed by atoms with Crippen LogP contribution in [0.5, 0.6) is 0 Å². The van der Waals surface area contributed by atoms with Crippen molar-refractivity contribution in [2.75, 3.05) is 18.4 Å². The van der Waals surface area contributed by atoms with Gasteiger partial charge in [0.25, 0.3) is 0 Å². The maximum Gasteiger partial charge on any atom is 0.354 e. The Balaban J connectivity index is 2.37. The average Bonchev–Trinajstić information content (AvgIpc) is 2.36. The van der Waals surface area contributed by atoms with Gasteiger partial charge in [0.1, 0.15) is 5.82 Å². The molecule has 0 saturated heterocycles. The number of nitrogens with zero attached hydrogens (tertiary/aromatic N) is 1. The summed E-state index contributed by atoms with van der Waals surface area (Å²) in [7, 11) is 0. The second-order valence-corrected chi connectivity index (χ2v) is 3.74. The van der Waals surface area contributed by atoms with Crippen molar-refractivity contribution in [2.45, 2.75) is 19.8 Å². The van der Waals surface area contributed by atoms with Crippen LogP contribution < -0.4 is 10.6 Å². The zero-order chi connectivity index (χ0) is 13.4. The molecule has 0 radical (unpaired) electrons. The number of carboxylic acids is 1. The first kappa shape index (κ1) is 14.0. The number of amides is 1. The molecular formula is C12H17N3O3. The summed E-state index contributed by atoms with van der Waals surface area (Å²) in [6.45, 7) is 3.08. The number of carboxylic acid groups (broad SMARTS) is 1. The summed E-state index contributed by atoms with van der Waals surface area (Å²) in [5, 5.41) is 14.4. The molecule has 1 heterocycles. The Morgan fingerprint density at radius 1 is 1.33 bits per heavy atom. The summed E-state index contributed by atoms with van der Waals surface area (Å²) in [6.07, 6.45) is 1.24. The average molecular weight is 251 g/mol. The van der Waals surface area contributed by atoms with Gasteiger partial charge >= 0.3 is 5.97 Å². The lowest BCUT2D eigenvalue weighted by Gasteiger charge is -2.06. The van der Waals surface area contributed by atoms with E-state index in [1.165, 1.54) is 6.07 Å². The van der Waals surface area contributed by atoms with Crippen molar-refractivity contribution in [3.63, 3.8) is 0 Å². The van der Waals surface area contributed by atoms with Crippen LogP contribution in [-0.4, -0.2) is 35.1 Å². The summed E-state index contributed by atoms with van der Waals surface area (Å²) in [6, 6.07) is 4.69. The van der Waals surface area contributed by atoms with E-state index in [9.17, 15) is 9.59 Å². The number of aromatic carboxylic acids is 1. The highest BCUT2D eigenvalue weighted by molar-refractivity contribution is 5.85. The van der Waals surface area contributed by atoms with Crippen molar-refractivity contribution in [3.05, 3.63) is 23.9 Å². The van der Waals surface area contributed by atoms with Crippen LogP contribution in [-0.2, 0) is 4.79 Å². The van der Waals surface area contributed by atoms with Crippen LogP contribution in [0.1, 0.15) is 30.3 Å². The Morgan fingerprint density at radius 2 is 2.11 bits per heavy atom. The van der Waals surface area contributed by atoms with E-state index in [4.69, 9.17) is 5.11 Å². The molecule has 0 aromatic carbocycles. The molecule has 0 saturated carbocycles. The number of hydrogen-bond donors (Lipinski definition) is 3. The normalized spacial score (nSPS) is 9.83. The molecular weight excluding hydrogens is 234 g/mol. The predicted octanol–water partition coefficient (Wildman–Crippen LogP) is 1.11. The molecule has 98 valence electrons. The number of carbonyl (C=O) groups excluding carboxylic acids is 1. The molecule has 0 fully saturated rings. The van der Waals surface area contributed by atoms with Gasteiger partial charge in [-0.15, -0.1) is 0 Å². The number of anilines is 1. The smallest absolute Gasteiger partial charge is 0.354 e. The molecule has 0 bridgehead atoms. The third kappa shape index (κ3) is 4.82. The molecule has 0 aliphatic carbocycles. The molecule has 0 spiro atoms. The molecule has 3 N–H and O–H groups in total. The number of hydrogen-bond acceptors (Lipinski definition) is 4. The van der Waals surface area contributed by atoms with Gasteiger partial charge in [-0.3, -0.25) is 4.79 Å². The number of aromatic nitrogens is 1. The Hall–Kier alpha value is -2.11. The molecule has 1 amide bonds. The quantitative estimate of drug-likeness (QED) is 0.675. The van der Waals surface area contributed by atoms with E-state index < -0.39 is 5.97 Å². The molecule has 0 aliphatic rings. The van der Waals surface area contributed by atoms with E-state index in [0.717, 1.165) is 6.42 Å². The highest BCUT2D eigenvalue weighted by Crippen LogP contribution is 2.04. The topological polar surface area (TPSA) is 91.3 Å². The first-order chi connectivity index (χ1) is 8.63. The first-order valence-electron chi connectivity index (χ1n) is 5.84. The molecule has 6 nitrogen and oxygen atoms in total. The van der Waals surface area contributed by atoms with E-state index in [-0.39, 0.29) is 11.6 Å². The predicted molar refractivity (Wildman–Crippen MR) is 67.6 cm³/mol. The minimum Gasteiger partial charge on any atom is -0.477 e. The van der Waals surface area contributed by atoms with Crippen molar-refractivity contribution >= 4 is 17.7 Å². The van der Waals surface area contributed by atoms with Crippen LogP contribution in [0, 0.1) is 0 Å². The largest absolute Gasteiger partial charge is 0.477 e. The lowest BCUT2D eigenvalue weighted by molar-refractivity contribution is -0.120. The lowest BCUT2D eigenvalue weighted by Crippen LogP contribution is -2.26. The van der Waals surface area contributed by atoms with E-state index in [1.54, 1.807) is 12.1 Å². The van der Waals surface area contributed by atoms with Crippen LogP contribution in [0.15, 0.2) is 18.2 Å². The molecule has 1 rings (SSSR count). The van der Waals surface area contributed by atoms with Crippen molar-refractivity contribution < 1.29 is 14.7 Å². The van der Waals surface area contributed by atoms with E-state index >= 15 is 0 Å². The van der Waals surface area contributed by atoms with Gasteiger partial charge in [0.05, 0.1) is 0 Å². The summed E-state index contributed by atoms with van der Waals surface area (Å²) in [4.78, 5) is 25.9. The van der Waals surface area contributed by atoms with Gasteiger partial charge in [0.2, 0.25) is 5.91 Å². The molecule has 18 heavy (non-hydrogen) atoms. The highest BCUT2D eigenvalue weighted by Gasteiger charge is 2.05. The van der Waals surface area contributed by atoms with Crippen LogP contribution in [0.3, 0.4) is 0 Å². The number of nitrogens with one attached hydrogen (secondary N) is 2. The maximum atomic E-state index is 11.3. The van der Waals surface area contributed by atoms with Gasteiger partial charge < -0.3 is 15.7 Å². The molecule has 0 unspecified atom stereocenters. The van der Waals surface area contributed by atoms with Gasteiger partial charge in [0, 0.05) is 19.5 Å². The molecule has 1 aromatic heterocycles. The number of pyridine rings is 1. The van der Waals surface area contributed by atoms with Gasteiger partial charge in [-0.2, -0.15) is 0 Å².